The van der Waals surface area contributed by atoms with Crippen molar-refractivity contribution in [2.45, 2.75) is 12.5 Å². The number of hydrogen-bond acceptors (Lipinski definition) is 2. The lowest BCUT2D eigenvalue weighted by Crippen LogP contribution is -2.31. The highest BCUT2D eigenvalue weighted by Crippen LogP contribution is 2.07. The van der Waals surface area contributed by atoms with E-state index in [2.05, 4.69) is 0 Å². The Hall–Kier alpha value is -1.12. The lowest BCUT2D eigenvalue weighted by molar-refractivity contribution is 0.122. The molecule has 1 aromatic carbocycles. The highest BCUT2D eigenvalue weighted by molar-refractivity contribution is 5.50. The van der Waals surface area contributed by atoms with Gasteiger partial charge < -0.3 is 10.8 Å². The molecule has 70 valence electrons. The Labute approximate surface area is 78.7 Å². The minimum Gasteiger partial charge on any atom is -0.385 e. The summed E-state index contributed by atoms with van der Waals surface area (Å²) in [4.78, 5) is 0. The Balaban J connectivity index is 2.69. The maximum absolute atomic E-state index is 9.57. The van der Waals surface area contributed by atoms with Crippen molar-refractivity contribution in [2.24, 2.45) is 5.73 Å². The van der Waals surface area contributed by atoms with E-state index in [0.29, 0.717) is 0 Å². The quantitative estimate of drug-likeness (QED) is 0.733. The number of rotatable bonds is 3. The normalized spacial score (nSPS) is 15.9. The van der Waals surface area contributed by atoms with E-state index < -0.39 is 5.60 Å². The number of nitrogens with two attached hydrogens (primary N) is 1. The molecule has 2 nitrogen and oxygen atoms in total. The van der Waals surface area contributed by atoms with Crippen molar-refractivity contribution in [3.63, 3.8) is 0 Å². The van der Waals surface area contributed by atoms with Crippen LogP contribution in [0.15, 0.2) is 36.4 Å². The third-order valence-electron chi connectivity index (χ3n) is 1.85. The molecule has 0 aromatic heterocycles. The van der Waals surface area contributed by atoms with Crippen LogP contribution in [-0.2, 0) is 0 Å². The van der Waals surface area contributed by atoms with E-state index in [1.54, 1.807) is 13.0 Å². The van der Waals surface area contributed by atoms with Gasteiger partial charge >= 0.3 is 0 Å². The summed E-state index contributed by atoms with van der Waals surface area (Å²) in [7, 11) is 0. The van der Waals surface area contributed by atoms with Gasteiger partial charge in [0.05, 0.1) is 5.60 Å². The molecule has 0 aliphatic carbocycles. The molecule has 0 spiro atoms. The molecule has 1 rings (SSSR count). The van der Waals surface area contributed by atoms with Gasteiger partial charge in [-0.3, -0.25) is 0 Å². The van der Waals surface area contributed by atoms with E-state index in [1.165, 1.54) is 0 Å². The molecule has 0 bridgehead atoms. The zero-order chi connectivity index (χ0) is 9.73. The average molecular weight is 177 g/mol. The highest BCUT2D eigenvalue weighted by Gasteiger charge is 2.11. The van der Waals surface area contributed by atoms with Gasteiger partial charge in [-0.25, -0.2) is 0 Å². The van der Waals surface area contributed by atoms with Crippen LogP contribution >= 0.6 is 0 Å². The summed E-state index contributed by atoms with van der Waals surface area (Å²) in [6.45, 7) is 1.92. The molecule has 0 saturated carbocycles. The molecule has 0 amide bonds. The van der Waals surface area contributed by atoms with Gasteiger partial charge in [0.2, 0.25) is 0 Å². The van der Waals surface area contributed by atoms with Crippen molar-refractivity contribution < 1.29 is 5.11 Å². The van der Waals surface area contributed by atoms with Crippen LogP contribution in [0.25, 0.3) is 6.08 Å². The topological polar surface area (TPSA) is 46.2 Å². The molecule has 0 radical (unpaired) electrons. The van der Waals surface area contributed by atoms with Gasteiger partial charge in [0.25, 0.3) is 0 Å². The summed E-state index contributed by atoms with van der Waals surface area (Å²) < 4.78 is 0. The van der Waals surface area contributed by atoms with Crippen molar-refractivity contribution in [1.29, 1.82) is 0 Å². The van der Waals surface area contributed by atoms with Crippen LogP contribution in [0.4, 0.5) is 0 Å². The van der Waals surface area contributed by atoms with E-state index in [9.17, 15) is 5.11 Å². The molecule has 2 heteroatoms. The van der Waals surface area contributed by atoms with Crippen LogP contribution in [0.1, 0.15) is 12.5 Å². The van der Waals surface area contributed by atoms with Crippen LogP contribution < -0.4 is 5.73 Å². The van der Waals surface area contributed by atoms with Crippen LogP contribution in [0.3, 0.4) is 0 Å². The first-order valence-electron chi connectivity index (χ1n) is 4.31. The van der Waals surface area contributed by atoms with Crippen LogP contribution in [0, 0.1) is 0 Å². The fourth-order valence-corrected chi connectivity index (χ4v) is 0.908. The van der Waals surface area contributed by atoms with Gasteiger partial charge in [-0.2, -0.15) is 0 Å². The van der Waals surface area contributed by atoms with Gasteiger partial charge in [-0.05, 0) is 12.5 Å². The van der Waals surface area contributed by atoms with Crippen molar-refractivity contribution in [1.82, 2.24) is 0 Å². The number of benzene rings is 1. The van der Waals surface area contributed by atoms with Crippen LogP contribution in [-0.4, -0.2) is 17.3 Å². The minimum atomic E-state index is -0.907. The largest absolute Gasteiger partial charge is 0.385 e. The molecule has 0 aliphatic rings. The predicted octanol–water partition coefficient (Wildman–Crippen LogP) is 1.41. The standard InChI is InChI=1S/C11H15NO/c1-11(13,9-12)8-7-10-5-3-2-4-6-10/h2-8,13H,9,12H2,1H3/b8-7+. The summed E-state index contributed by atoms with van der Waals surface area (Å²) in [5.41, 5.74) is 5.53. The average Bonchev–Trinajstić information content (AvgIpc) is 2.17. The summed E-state index contributed by atoms with van der Waals surface area (Å²) in [5, 5.41) is 9.57. The first-order valence-corrected chi connectivity index (χ1v) is 4.31. The van der Waals surface area contributed by atoms with Crippen molar-refractivity contribution in [3.05, 3.63) is 42.0 Å². The second kappa shape index (κ2) is 4.21. The smallest absolute Gasteiger partial charge is 0.0924 e. The first kappa shape index (κ1) is 9.96. The van der Waals surface area contributed by atoms with E-state index in [4.69, 9.17) is 5.73 Å². The summed E-state index contributed by atoms with van der Waals surface area (Å²) in [6, 6.07) is 9.82. The van der Waals surface area contributed by atoms with Crippen molar-refractivity contribution >= 4 is 6.08 Å². The Bertz CT molecular complexity index is 277. The van der Waals surface area contributed by atoms with E-state index in [0.717, 1.165) is 5.56 Å². The molecule has 1 aromatic rings. The first-order chi connectivity index (χ1) is 6.14. The Morgan fingerprint density at radius 2 is 2.00 bits per heavy atom. The molecule has 13 heavy (non-hydrogen) atoms. The van der Waals surface area contributed by atoms with E-state index >= 15 is 0 Å². The predicted molar refractivity (Wildman–Crippen MR) is 55.2 cm³/mol. The second-order valence-corrected chi connectivity index (χ2v) is 3.31. The molecular formula is C11H15NO. The van der Waals surface area contributed by atoms with E-state index in [-0.39, 0.29) is 6.54 Å². The molecule has 0 aliphatic heterocycles. The Kier molecular flexibility index (Phi) is 3.23. The Morgan fingerprint density at radius 3 is 2.54 bits per heavy atom. The van der Waals surface area contributed by atoms with Crippen LogP contribution in [0.2, 0.25) is 0 Å². The van der Waals surface area contributed by atoms with Gasteiger partial charge in [-0.1, -0.05) is 42.5 Å². The van der Waals surface area contributed by atoms with Crippen molar-refractivity contribution in [3.8, 4) is 0 Å². The summed E-state index contributed by atoms with van der Waals surface area (Å²) in [6.07, 6.45) is 3.58. The molecule has 0 fully saturated rings. The van der Waals surface area contributed by atoms with Crippen molar-refractivity contribution in [2.75, 3.05) is 6.54 Å². The lowest BCUT2D eigenvalue weighted by Gasteiger charge is -2.15. The maximum Gasteiger partial charge on any atom is 0.0924 e. The molecule has 1 atom stereocenters. The number of aliphatic hydroxyl groups is 1. The number of hydrogen-bond donors (Lipinski definition) is 2. The highest BCUT2D eigenvalue weighted by atomic mass is 16.3. The fraction of sp³-hybridized carbons (Fsp3) is 0.273. The van der Waals surface area contributed by atoms with Gasteiger partial charge in [0, 0.05) is 6.54 Å². The van der Waals surface area contributed by atoms with Gasteiger partial charge in [0.15, 0.2) is 0 Å². The van der Waals surface area contributed by atoms with Gasteiger partial charge in [-0.15, -0.1) is 0 Å². The third kappa shape index (κ3) is 3.40. The second-order valence-electron chi connectivity index (χ2n) is 3.31. The zero-order valence-corrected chi connectivity index (χ0v) is 7.77. The zero-order valence-electron chi connectivity index (χ0n) is 7.77. The molecule has 0 saturated heterocycles. The summed E-state index contributed by atoms with van der Waals surface area (Å²) >= 11 is 0. The minimum absolute atomic E-state index is 0.232. The fourth-order valence-electron chi connectivity index (χ4n) is 0.908. The van der Waals surface area contributed by atoms with Crippen LogP contribution in [0.5, 0.6) is 0 Å². The van der Waals surface area contributed by atoms with E-state index in [1.807, 2.05) is 36.4 Å². The lowest BCUT2D eigenvalue weighted by atomic mass is 10.1. The SMILES string of the molecule is CC(O)(/C=C/c1ccccc1)CN. The molecular weight excluding hydrogens is 162 g/mol. The maximum atomic E-state index is 9.57. The Morgan fingerprint density at radius 1 is 1.38 bits per heavy atom. The monoisotopic (exact) mass is 177 g/mol. The molecule has 3 N–H and O–H groups in total. The summed E-state index contributed by atoms with van der Waals surface area (Å²) in [5.74, 6) is 0. The molecule has 1 unspecified atom stereocenters. The molecule has 0 heterocycles. The van der Waals surface area contributed by atoms with Gasteiger partial charge in [0.1, 0.15) is 0 Å². The third-order valence-corrected chi connectivity index (χ3v) is 1.85.